The van der Waals surface area contributed by atoms with Crippen LogP contribution in [-0.4, -0.2) is 80.7 Å². The lowest BCUT2D eigenvalue weighted by atomic mass is 10.3. The monoisotopic (exact) mass is 323 g/mol. The van der Waals surface area contributed by atoms with E-state index < -0.39 is 0 Å². The fraction of sp³-hybridized carbons (Fsp3) is 0.667. The van der Waals surface area contributed by atoms with Crippen LogP contribution in [0.1, 0.15) is 16.9 Å². The number of rotatable bonds is 9. The van der Waals surface area contributed by atoms with Crippen LogP contribution in [0.4, 0.5) is 5.82 Å². The Hall–Kier alpha value is -1.77. The molecule has 1 aliphatic heterocycles. The topological polar surface area (TPSA) is 88.6 Å². The van der Waals surface area contributed by atoms with Gasteiger partial charge in [-0.15, -0.1) is 10.2 Å². The number of methoxy groups -OCH3 is 1. The van der Waals surface area contributed by atoms with E-state index in [1.165, 1.54) is 0 Å². The van der Waals surface area contributed by atoms with E-state index in [2.05, 4.69) is 25.7 Å². The van der Waals surface area contributed by atoms with Crippen LogP contribution in [0.15, 0.2) is 12.1 Å². The summed E-state index contributed by atoms with van der Waals surface area (Å²) < 4.78 is 10.3. The molecule has 128 valence electrons. The lowest BCUT2D eigenvalue weighted by Crippen LogP contribution is -2.41. The number of nitrogens with one attached hydrogen (secondary N) is 2. The first-order chi connectivity index (χ1) is 11.3. The number of morpholine rings is 1. The second-order valence-electron chi connectivity index (χ2n) is 5.29. The molecule has 1 amide bonds. The van der Waals surface area contributed by atoms with E-state index in [0.717, 1.165) is 45.8 Å². The van der Waals surface area contributed by atoms with Crippen molar-refractivity contribution >= 4 is 11.7 Å². The molecule has 1 fully saturated rings. The maximum atomic E-state index is 12.0. The molecule has 8 nitrogen and oxygen atoms in total. The van der Waals surface area contributed by atoms with E-state index >= 15 is 0 Å². The minimum Gasteiger partial charge on any atom is -0.385 e. The number of nitrogens with zero attached hydrogens (tertiary/aromatic N) is 3. The normalized spacial score (nSPS) is 15.3. The summed E-state index contributed by atoms with van der Waals surface area (Å²) in [6.45, 7) is 6.23. The van der Waals surface area contributed by atoms with Gasteiger partial charge in [0.2, 0.25) is 0 Å². The molecule has 1 aliphatic rings. The third-order valence-corrected chi connectivity index (χ3v) is 3.55. The van der Waals surface area contributed by atoms with Gasteiger partial charge in [0.1, 0.15) is 5.82 Å². The largest absolute Gasteiger partial charge is 0.385 e. The minimum atomic E-state index is -0.198. The Morgan fingerprint density at radius 3 is 2.83 bits per heavy atom. The van der Waals surface area contributed by atoms with Crippen LogP contribution in [0.2, 0.25) is 0 Å². The van der Waals surface area contributed by atoms with Crippen LogP contribution in [-0.2, 0) is 9.47 Å². The molecule has 0 atom stereocenters. The summed E-state index contributed by atoms with van der Waals surface area (Å²) in [4.78, 5) is 14.3. The predicted octanol–water partition coefficient (Wildman–Crippen LogP) is -0.0130. The van der Waals surface area contributed by atoms with Crippen LogP contribution >= 0.6 is 0 Å². The summed E-state index contributed by atoms with van der Waals surface area (Å²) in [5.74, 6) is 0.461. The first-order valence-corrected chi connectivity index (χ1v) is 7.94. The van der Waals surface area contributed by atoms with Gasteiger partial charge in [-0.3, -0.25) is 9.69 Å². The Morgan fingerprint density at radius 1 is 1.30 bits per heavy atom. The molecule has 0 unspecified atom stereocenters. The Kier molecular flexibility index (Phi) is 7.71. The van der Waals surface area contributed by atoms with Crippen LogP contribution in [0.3, 0.4) is 0 Å². The van der Waals surface area contributed by atoms with Crippen LogP contribution < -0.4 is 10.6 Å². The lowest BCUT2D eigenvalue weighted by Gasteiger charge is -2.26. The van der Waals surface area contributed by atoms with Crippen LogP contribution in [0, 0.1) is 0 Å². The molecule has 23 heavy (non-hydrogen) atoms. The van der Waals surface area contributed by atoms with Crippen molar-refractivity contribution < 1.29 is 14.3 Å². The van der Waals surface area contributed by atoms with Crippen molar-refractivity contribution in [1.29, 1.82) is 0 Å². The van der Waals surface area contributed by atoms with Crippen molar-refractivity contribution in [3.63, 3.8) is 0 Å². The molecule has 1 saturated heterocycles. The number of carbonyl (C=O) groups excluding carboxylic acids is 1. The standard InChI is InChI=1S/C15H25N5O3/c1-22-10-2-5-16-14-4-3-13(18-19-14)15(21)17-6-7-20-8-11-23-12-9-20/h3-4H,2,5-12H2,1H3,(H,16,19)(H,17,21). The lowest BCUT2D eigenvalue weighted by molar-refractivity contribution is 0.0383. The minimum absolute atomic E-state index is 0.198. The molecular formula is C15H25N5O3. The maximum absolute atomic E-state index is 12.0. The van der Waals surface area contributed by atoms with Crippen LogP contribution in [0.5, 0.6) is 0 Å². The highest BCUT2D eigenvalue weighted by Crippen LogP contribution is 2.02. The molecule has 0 aliphatic carbocycles. The molecule has 0 radical (unpaired) electrons. The third-order valence-electron chi connectivity index (χ3n) is 3.55. The van der Waals surface area contributed by atoms with Crippen molar-refractivity contribution in [2.45, 2.75) is 6.42 Å². The molecule has 1 aromatic heterocycles. The molecule has 0 aromatic carbocycles. The maximum Gasteiger partial charge on any atom is 0.271 e. The summed E-state index contributed by atoms with van der Waals surface area (Å²) in [6, 6.07) is 3.44. The van der Waals surface area contributed by atoms with E-state index in [4.69, 9.17) is 9.47 Å². The molecule has 2 heterocycles. The average molecular weight is 323 g/mol. The van der Waals surface area contributed by atoms with Crippen LogP contribution in [0.25, 0.3) is 0 Å². The molecule has 0 saturated carbocycles. The van der Waals surface area contributed by atoms with E-state index in [1.807, 2.05) is 0 Å². The van der Waals surface area contributed by atoms with Gasteiger partial charge in [0.05, 0.1) is 13.2 Å². The zero-order valence-electron chi connectivity index (χ0n) is 13.6. The van der Waals surface area contributed by atoms with Crippen molar-refractivity contribution in [2.24, 2.45) is 0 Å². The summed E-state index contributed by atoms with van der Waals surface area (Å²) >= 11 is 0. The van der Waals surface area contributed by atoms with E-state index in [-0.39, 0.29) is 5.91 Å². The smallest absolute Gasteiger partial charge is 0.271 e. The number of carbonyl (C=O) groups is 1. The van der Waals surface area contributed by atoms with E-state index in [1.54, 1.807) is 19.2 Å². The quantitative estimate of drug-likeness (QED) is 0.618. The predicted molar refractivity (Wildman–Crippen MR) is 86.6 cm³/mol. The molecule has 1 aromatic rings. The van der Waals surface area contributed by atoms with Gasteiger partial charge >= 0.3 is 0 Å². The molecule has 0 spiro atoms. The van der Waals surface area contributed by atoms with E-state index in [9.17, 15) is 4.79 Å². The first kappa shape index (κ1) is 17.6. The van der Waals surface area contributed by atoms with Crippen molar-refractivity contribution in [2.75, 3.05) is 65.0 Å². The number of anilines is 1. The number of hydrogen-bond acceptors (Lipinski definition) is 7. The highest BCUT2D eigenvalue weighted by Gasteiger charge is 2.11. The van der Waals surface area contributed by atoms with Crippen molar-refractivity contribution in [1.82, 2.24) is 20.4 Å². The highest BCUT2D eigenvalue weighted by molar-refractivity contribution is 5.92. The summed E-state index contributed by atoms with van der Waals surface area (Å²) in [6.07, 6.45) is 0.891. The van der Waals surface area contributed by atoms with Gasteiger partial charge in [-0.2, -0.15) is 0 Å². The van der Waals surface area contributed by atoms with Gasteiger partial charge in [-0.05, 0) is 18.6 Å². The Balaban J connectivity index is 1.67. The zero-order valence-corrected chi connectivity index (χ0v) is 13.6. The zero-order chi connectivity index (χ0) is 16.3. The van der Waals surface area contributed by atoms with Gasteiger partial charge in [0.25, 0.3) is 5.91 Å². The van der Waals surface area contributed by atoms with E-state index in [0.29, 0.717) is 24.7 Å². The number of amides is 1. The molecule has 2 rings (SSSR count). The van der Waals surface area contributed by atoms with Gasteiger partial charge in [0, 0.05) is 46.4 Å². The first-order valence-electron chi connectivity index (χ1n) is 7.94. The molecule has 8 heteroatoms. The molecular weight excluding hydrogens is 298 g/mol. The fourth-order valence-corrected chi connectivity index (χ4v) is 2.22. The Bertz CT molecular complexity index is 463. The molecule has 0 bridgehead atoms. The highest BCUT2D eigenvalue weighted by atomic mass is 16.5. The average Bonchev–Trinajstić information content (AvgIpc) is 2.60. The van der Waals surface area contributed by atoms with Gasteiger partial charge in [-0.25, -0.2) is 0 Å². The second kappa shape index (κ2) is 10.1. The number of ether oxygens (including phenoxy) is 2. The third kappa shape index (κ3) is 6.47. The Labute approximate surface area is 136 Å². The van der Waals surface area contributed by atoms with Crippen molar-refractivity contribution in [3.05, 3.63) is 17.8 Å². The summed E-state index contributed by atoms with van der Waals surface area (Å²) in [5.41, 5.74) is 0.328. The molecule has 2 N–H and O–H groups in total. The summed E-state index contributed by atoms with van der Waals surface area (Å²) in [5, 5.41) is 14.0. The second-order valence-corrected chi connectivity index (χ2v) is 5.29. The number of hydrogen-bond donors (Lipinski definition) is 2. The van der Waals surface area contributed by atoms with Gasteiger partial charge < -0.3 is 20.1 Å². The summed E-state index contributed by atoms with van der Waals surface area (Å²) in [7, 11) is 1.67. The van der Waals surface area contributed by atoms with Crippen molar-refractivity contribution in [3.8, 4) is 0 Å². The Morgan fingerprint density at radius 2 is 2.13 bits per heavy atom. The fourth-order valence-electron chi connectivity index (χ4n) is 2.22. The SMILES string of the molecule is COCCCNc1ccc(C(=O)NCCN2CCOCC2)nn1. The number of aromatic nitrogens is 2. The van der Waals surface area contributed by atoms with Gasteiger partial charge in [0.15, 0.2) is 5.69 Å². The van der Waals surface area contributed by atoms with Gasteiger partial charge in [-0.1, -0.05) is 0 Å².